The summed E-state index contributed by atoms with van der Waals surface area (Å²) in [6.07, 6.45) is 0. The van der Waals surface area contributed by atoms with Gasteiger partial charge in [-0.1, -0.05) is 0 Å². The molecule has 2 N–H and O–H groups in total. The average molecular weight is 570 g/mol. The van der Waals surface area contributed by atoms with E-state index in [1.165, 1.54) is 0 Å². The predicted octanol–water partition coefficient (Wildman–Crippen LogP) is 3.03. The van der Waals surface area contributed by atoms with Crippen molar-refractivity contribution in [3.63, 3.8) is 0 Å². The molecular formula is C12H10Br4O6. The van der Waals surface area contributed by atoms with E-state index in [4.69, 9.17) is 19.7 Å². The average Bonchev–Trinajstić information content (AvgIpc) is 2.51. The zero-order valence-corrected chi connectivity index (χ0v) is 17.2. The van der Waals surface area contributed by atoms with E-state index in [0.29, 0.717) is 17.9 Å². The van der Waals surface area contributed by atoms with Gasteiger partial charge in [-0.3, -0.25) is 0 Å². The Morgan fingerprint density at radius 1 is 0.727 bits per heavy atom. The molecule has 1 rings (SSSR count). The maximum absolute atomic E-state index is 12.2. The van der Waals surface area contributed by atoms with Crippen LogP contribution in [0.4, 0.5) is 0 Å². The first kappa shape index (κ1) is 20.0. The summed E-state index contributed by atoms with van der Waals surface area (Å²) in [5.74, 6) is -1.60. The Morgan fingerprint density at radius 2 is 1.05 bits per heavy atom. The minimum atomic E-state index is -0.800. The molecule has 0 saturated heterocycles. The number of hydrogen-bond acceptors (Lipinski definition) is 6. The van der Waals surface area contributed by atoms with Crippen LogP contribution in [-0.4, -0.2) is 48.6 Å². The van der Waals surface area contributed by atoms with Crippen molar-refractivity contribution < 1.29 is 29.3 Å². The minimum absolute atomic E-state index is 0.0571. The van der Waals surface area contributed by atoms with Crippen molar-refractivity contribution in [3.8, 4) is 0 Å². The van der Waals surface area contributed by atoms with Crippen molar-refractivity contribution in [2.75, 3.05) is 26.4 Å². The van der Waals surface area contributed by atoms with Gasteiger partial charge in [-0.25, -0.2) is 9.59 Å². The molecule has 6 nitrogen and oxygen atoms in total. The summed E-state index contributed by atoms with van der Waals surface area (Å²) in [5, 5.41) is 17.5. The topological polar surface area (TPSA) is 93.1 Å². The normalized spacial score (nSPS) is 10.5. The van der Waals surface area contributed by atoms with E-state index in [1.807, 2.05) is 0 Å². The fraction of sp³-hybridized carbons (Fsp3) is 0.333. The second-order valence-corrected chi connectivity index (χ2v) is 6.90. The molecule has 0 fully saturated rings. The molecule has 1 aromatic carbocycles. The Balaban J connectivity index is 3.44. The van der Waals surface area contributed by atoms with E-state index in [9.17, 15) is 9.59 Å². The van der Waals surface area contributed by atoms with Gasteiger partial charge in [0.2, 0.25) is 0 Å². The highest BCUT2D eigenvalue weighted by Gasteiger charge is 2.29. The number of aliphatic hydroxyl groups excluding tert-OH is 2. The number of carbonyl (C=O) groups is 2. The summed E-state index contributed by atoms with van der Waals surface area (Å²) in [5.41, 5.74) is -0.114. The van der Waals surface area contributed by atoms with Gasteiger partial charge in [0.1, 0.15) is 13.2 Å². The molecule has 0 aliphatic rings. The first-order valence-electron chi connectivity index (χ1n) is 5.78. The zero-order valence-electron chi connectivity index (χ0n) is 10.9. The van der Waals surface area contributed by atoms with Crippen LogP contribution in [0.2, 0.25) is 0 Å². The molecule has 0 bridgehead atoms. The molecule has 0 unspecified atom stereocenters. The lowest BCUT2D eigenvalue weighted by Gasteiger charge is -2.15. The van der Waals surface area contributed by atoms with Crippen LogP contribution in [0.15, 0.2) is 17.9 Å². The number of hydrogen-bond donors (Lipinski definition) is 2. The van der Waals surface area contributed by atoms with Gasteiger partial charge in [-0.2, -0.15) is 0 Å². The first-order chi connectivity index (χ1) is 10.4. The van der Waals surface area contributed by atoms with Gasteiger partial charge >= 0.3 is 11.9 Å². The third-order valence-corrected chi connectivity index (χ3v) is 7.09. The lowest BCUT2D eigenvalue weighted by molar-refractivity contribution is 0.0387. The monoisotopic (exact) mass is 566 g/mol. The van der Waals surface area contributed by atoms with Crippen molar-refractivity contribution in [2.24, 2.45) is 0 Å². The highest BCUT2D eigenvalue weighted by Crippen LogP contribution is 2.42. The van der Waals surface area contributed by atoms with E-state index in [1.54, 1.807) is 0 Å². The molecule has 0 spiro atoms. The van der Waals surface area contributed by atoms with Crippen LogP contribution in [0.25, 0.3) is 0 Å². The lowest BCUT2D eigenvalue weighted by Crippen LogP contribution is -2.18. The standard InChI is InChI=1S/C12H10Br4O6/c13-7-5(11(19)21-3-1-17)6(12(20)22-4-2-18)8(14)10(16)9(7)15/h17-18H,1-4H2. The minimum Gasteiger partial charge on any atom is -0.460 e. The van der Waals surface area contributed by atoms with Crippen LogP contribution in [0.1, 0.15) is 20.7 Å². The Morgan fingerprint density at radius 3 is 1.32 bits per heavy atom. The predicted molar refractivity (Wildman–Crippen MR) is 92.0 cm³/mol. The van der Waals surface area contributed by atoms with E-state index >= 15 is 0 Å². The van der Waals surface area contributed by atoms with Crippen LogP contribution in [-0.2, 0) is 9.47 Å². The van der Waals surface area contributed by atoms with Crippen LogP contribution in [0.5, 0.6) is 0 Å². The van der Waals surface area contributed by atoms with Crippen LogP contribution >= 0.6 is 63.7 Å². The maximum Gasteiger partial charge on any atom is 0.340 e. The van der Waals surface area contributed by atoms with E-state index in [2.05, 4.69) is 63.7 Å². The van der Waals surface area contributed by atoms with Gasteiger partial charge in [-0.05, 0) is 63.7 Å². The third kappa shape index (κ3) is 4.51. The molecule has 0 aliphatic carbocycles. The van der Waals surface area contributed by atoms with Crippen molar-refractivity contribution in [1.29, 1.82) is 0 Å². The van der Waals surface area contributed by atoms with E-state index in [0.717, 1.165) is 0 Å². The summed E-state index contributed by atoms with van der Waals surface area (Å²) < 4.78 is 11.3. The summed E-state index contributed by atoms with van der Waals surface area (Å²) in [6, 6.07) is 0. The molecule has 0 aromatic heterocycles. The lowest BCUT2D eigenvalue weighted by atomic mass is 10.1. The molecule has 122 valence electrons. The molecule has 0 aliphatic heterocycles. The molecule has 0 amide bonds. The molecule has 0 saturated carbocycles. The maximum atomic E-state index is 12.2. The Kier molecular flexibility index (Phi) is 8.50. The third-order valence-electron chi connectivity index (χ3n) is 2.32. The number of esters is 2. The summed E-state index contributed by atoms with van der Waals surface area (Å²) in [7, 11) is 0. The SMILES string of the molecule is O=C(OCCO)c1c(Br)c(Br)c(Br)c(Br)c1C(=O)OCCO. The van der Waals surface area contributed by atoms with Crippen molar-refractivity contribution in [1.82, 2.24) is 0 Å². The van der Waals surface area contributed by atoms with Crippen LogP contribution < -0.4 is 0 Å². The van der Waals surface area contributed by atoms with E-state index < -0.39 is 11.9 Å². The Hall–Kier alpha value is -0.000000000000000187. The first-order valence-corrected chi connectivity index (χ1v) is 8.95. The largest absolute Gasteiger partial charge is 0.460 e. The number of aliphatic hydroxyl groups is 2. The number of ether oxygens (including phenoxy) is 2. The summed E-state index contributed by atoms with van der Waals surface area (Å²) in [6.45, 7) is -1.09. The fourth-order valence-electron chi connectivity index (χ4n) is 1.44. The van der Waals surface area contributed by atoms with Gasteiger partial charge in [0, 0.05) is 17.9 Å². The molecule has 0 heterocycles. The summed E-state index contributed by atoms with van der Waals surface area (Å²) >= 11 is 13.0. The van der Waals surface area contributed by atoms with Crippen molar-refractivity contribution in [3.05, 3.63) is 29.0 Å². The molecule has 10 heteroatoms. The molecule has 0 radical (unpaired) electrons. The van der Waals surface area contributed by atoms with Gasteiger partial charge in [0.25, 0.3) is 0 Å². The molecule has 22 heavy (non-hydrogen) atoms. The highest BCUT2D eigenvalue weighted by atomic mass is 79.9. The highest BCUT2D eigenvalue weighted by molar-refractivity contribution is 9.15. The fourth-order valence-corrected chi connectivity index (χ4v) is 3.88. The Bertz CT molecular complexity index is 539. The van der Waals surface area contributed by atoms with Crippen LogP contribution in [0.3, 0.4) is 0 Å². The van der Waals surface area contributed by atoms with E-state index in [-0.39, 0.29) is 37.6 Å². The summed E-state index contributed by atoms with van der Waals surface area (Å²) in [4.78, 5) is 24.3. The quantitative estimate of drug-likeness (QED) is 0.311. The van der Waals surface area contributed by atoms with Gasteiger partial charge in [0.15, 0.2) is 0 Å². The molecular weight excluding hydrogens is 560 g/mol. The van der Waals surface area contributed by atoms with Gasteiger partial charge < -0.3 is 19.7 Å². The van der Waals surface area contributed by atoms with Gasteiger partial charge in [0.05, 0.1) is 24.3 Å². The second kappa shape index (κ2) is 9.33. The van der Waals surface area contributed by atoms with Crippen molar-refractivity contribution in [2.45, 2.75) is 0 Å². The smallest absolute Gasteiger partial charge is 0.340 e. The number of benzene rings is 1. The van der Waals surface area contributed by atoms with Gasteiger partial charge in [-0.15, -0.1) is 0 Å². The molecule has 0 atom stereocenters. The van der Waals surface area contributed by atoms with Crippen LogP contribution in [0, 0.1) is 0 Å². The zero-order chi connectivity index (χ0) is 16.9. The number of carbonyl (C=O) groups excluding carboxylic acids is 2. The number of halogens is 4. The molecule has 1 aromatic rings. The Labute approximate surface area is 159 Å². The number of rotatable bonds is 6. The van der Waals surface area contributed by atoms with Crippen molar-refractivity contribution >= 4 is 75.7 Å². The second-order valence-electron chi connectivity index (χ2n) is 3.72.